The monoisotopic (exact) mass is 1990 g/mol. The van der Waals surface area contributed by atoms with E-state index in [0.717, 1.165) is 18.9 Å². The first-order chi connectivity index (χ1) is 65.7. The van der Waals surface area contributed by atoms with Crippen LogP contribution in [0.25, 0.3) is 0 Å². The summed E-state index contributed by atoms with van der Waals surface area (Å²) in [5.74, 6) is -23.7. The highest BCUT2D eigenvalue weighted by molar-refractivity contribution is 6.05. The Hall–Kier alpha value is -11.4. The largest absolute Gasteiger partial charge is 0.458 e. The molecule has 19 atom stereocenters. The van der Waals surface area contributed by atoms with Gasteiger partial charge in [0.15, 0.2) is 0 Å². The normalized spacial score (nSPS) is 20.1. The molecular weight excluding hydrogens is 1820 g/mol. The fraction of sp³-hybridized carbons (Fsp3) is 0.745. The standard InChI is InChI=1S/C94H163N21O25/c1-21-25-26-30-56(119)44-70(121)98-58(24-4)93(138)115-39-29-32-68(115)86(131)107-66(45-117)84(129)105-64(42-48(7)8)82(127)110-72(51(13)14)89(134)108-67(46-118)85(130)106-65(43-49(9)10)83(128)111-74(53(17)18)90(135)112-73(52(15)16)88(133)101-59(33-34-69(97)120)78(123)104-63(41-47(5)6)81(126)109-71(50(11)12)87(132)99-57(23-3)77(122)114-76-55(20)140-94(139)62(31-27-28-37-95)103-79(124)60(35-38-96)100-80(125)61(36-40-116)102-91(136)75(54(19)22-2)113-92(76)137/h23-24,47-56,59-68,71-76,116-119H,21-22,25-46,95-96H2,1-20H3,(H2,97,120)(H,98,121)(H,99,132)(H,100,125)(H,101,133)(H,102,136)(H,103,124)(H,104,123)(H,105,129)(H,106,130)(H,107,131)(H,108,134)(H,109,126)(H,110,127)(H,111,128)(H,112,135)(H,113,137)(H,114,122)/b57-23-,58-24-/t54-,55+,56-,59+,60-,61+,62+,63-,64+,65+,66+,67-,68+,71+,72-,73+,74+,75-,76-/m0/s1. The molecule has 0 aromatic heterocycles. The van der Waals surface area contributed by atoms with E-state index >= 15 is 0 Å². The molecule has 0 unspecified atom stereocenters. The Kier molecular flexibility index (Phi) is 56.5. The molecule has 0 aliphatic carbocycles. The van der Waals surface area contributed by atoms with E-state index in [0.29, 0.717) is 25.7 Å². The second-order valence-corrected chi connectivity index (χ2v) is 38.5. The summed E-state index contributed by atoms with van der Waals surface area (Å²) < 4.78 is 5.83. The summed E-state index contributed by atoms with van der Waals surface area (Å²) in [7, 11) is 0. The first kappa shape index (κ1) is 125. The van der Waals surface area contributed by atoms with Crippen LogP contribution in [0, 0.1) is 47.3 Å². The van der Waals surface area contributed by atoms with E-state index in [1.165, 1.54) is 31.7 Å². The first-order valence-corrected chi connectivity index (χ1v) is 49.0. The lowest BCUT2D eigenvalue weighted by atomic mass is 9.96. The van der Waals surface area contributed by atoms with Crippen molar-refractivity contribution in [2.24, 2.45) is 64.5 Å². The van der Waals surface area contributed by atoms with E-state index in [-0.39, 0.29) is 107 Å². The number of hydrogen-bond acceptors (Lipinski definition) is 27. The number of unbranched alkanes of at least 4 members (excludes halogenated alkanes) is 3. The third-order valence-corrected chi connectivity index (χ3v) is 23.7. The summed E-state index contributed by atoms with van der Waals surface area (Å²) in [6.07, 6.45) is 2.26. The highest BCUT2D eigenvalue weighted by Gasteiger charge is 2.44. The molecule has 0 spiro atoms. The second kappa shape index (κ2) is 63.4. The number of ether oxygens (including phenoxy) is 1. The van der Waals surface area contributed by atoms with Crippen molar-refractivity contribution < 1.29 is 121 Å². The molecule has 2 fully saturated rings. The molecule has 0 radical (unpaired) electrons. The number of nitrogens with two attached hydrogens (primary N) is 3. The zero-order valence-corrected chi connectivity index (χ0v) is 85.2. The van der Waals surface area contributed by atoms with Crippen LogP contribution in [0.4, 0.5) is 0 Å². The van der Waals surface area contributed by atoms with Crippen LogP contribution in [0.3, 0.4) is 0 Å². The SMILES string of the molecule is C/C=C(\NC(=O)[C@H](NC(=O)[C@H](CC(C)C)NC(=O)[C@@H](CCC(N)=O)NC(=O)[C@H](NC(=O)[C@H](NC(=O)[C@@H](CC(C)C)NC(=O)[C@H](CO)NC(=O)[C@@H](NC(=O)[C@@H](CC(C)C)NC(=O)[C@@H](CO)NC(=O)[C@H]1CCCN1C(=O)/C(=C/C)NC(=O)C[C@@H](O)CCCCC)C(C)C)C(C)C)C(C)C)C(C)C)C(=O)N[C@@H]1C(=O)N[C@@H]([C@@H](C)CC)C(=O)N[C@H](CCO)C(=O)N[C@@H](CCN)C(=O)N[C@H](CCCCN)C(=O)O[C@@H]1C. The van der Waals surface area contributed by atoms with E-state index < -0.39 is 295 Å². The third kappa shape index (κ3) is 42.2. The highest BCUT2D eigenvalue weighted by Crippen LogP contribution is 2.23. The molecule has 0 bridgehead atoms. The molecule has 2 aliphatic rings. The Bertz CT molecular complexity index is 4220. The van der Waals surface area contributed by atoms with E-state index in [9.17, 15) is 116 Å². The smallest absolute Gasteiger partial charge is 0.328 e. The summed E-state index contributed by atoms with van der Waals surface area (Å²) in [6, 6.07) is -24.2. The van der Waals surface area contributed by atoms with Gasteiger partial charge >= 0.3 is 5.97 Å². The van der Waals surface area contributed by atoms with Gasteiger partial charge in [-0.25, -0.2) is 4.79 Å². The van der Waals surface area contributed by atoms with Gasteiger partial charge in [-0.3, -0.25) is 91.1 Å². The molecular formula is C94H163N21O25. The average molecular weight is 1990 g/mol. The van der Waals surface area contributed by atoms with Crippen molar-refractivity contribution in [2.45, 2.75) is 363 Å². The minimum absolute atomic E-state index is 0.0437. The number of aliphatic hydroxyl groups is 4. The molecule has 2 saturated heterocycles. The van der Waals surface area contributed by atoms with Gasteiger partial charge in [-0.2, -0.15) is 0 Å². The minimum atomic E-state index is -1.89. The summed E-state index contributed by atoms with van der Waals surface area (Å²) in [6.45, 7) is 29.7. The van der Waals surface area contributed by atoms with Gasteiger partial charge in [0.05, 0.1) is 25.7 Å². The van der Waals surface area contributed by atoms with Gasteiger partial charge in [0.25, 0.3) is 11.8 Å². The van der Waals surface area contributed by atoms with Crippen molar-refractivity contribution in [3.8, 4) is 0 Å². The summed E-state index contributed by atoms with van der Waals surface area (Å²) >= 11 is 0. The summed E-state index contributed by atoms with van der Waals surface area (Å²) in [5.41, 5.74) is 16.5. The molecule has 2 rings (SSSR count). The number of carbonyl (C=O) groups excluding carboxylic acids is 20. The van der Waals surface area contributed by atoms with Gasteiger partial charge in [-0.1, -0.05) is 156 Å². The molecule has 0 aromatic rings. The van der Waals surface area contributed by atoms with Gasteiger partial charge in [-0.05, 0) is 158 Å². The fourth-order valence-electron chi connectivity index (χ4n) is 15.4. The predicted octanol–water partition coefficient (Wildman–Crippen LogP) is -3.52. The molecule has 2 heterocycles. The molecule has 27 N–H and O–H groups in total. The van der Waals surface area contributed by atoms with Gasteiger partial charge < -0.3 is 138 Å². The lowest BCUT2D eigenvalue weighted by Gasteiger charge is -2.32. The van der Waals surface area contributed by atoms with E-state index in [4.69, 9.17) is 21.9 Å². The van der Waals surface area contributed by atoms with Crippen LogP contribution in [-0.2, 0) is 101 Å². The Morgan fingerprint density at radius 1 is 0.471 bits per heavy atom. The number of likely N-dealkylation sites (tertiary alicyclic amines) is 1. The Labute approximate surface area is 821 Å². The van der Waals surface area contributed by atoms with Gasteiger partial charge in [0.2, 0.25) is 100 Å². The summed E-state index contributed by atoms with van der Waals surface area (Å²) in [5, 5.41) is 84.9. The zero-order valence-electron chi connectivity index (χ0n) is 85.2. The number of carbonyl (C=O) groups is 20. The topological polar surface area (TPSA) is 717 Å². The number of nitrogens with zero attached hydrogens (tertiary/aromatic N) is 1. The van der Waals surface area contributed by atoms with Crippen LogP contribution >= 0.6 is 0 Å². The molecule has 46 heteroatoms. The summed E-state index contributed by atoms with van der Waals surface area (Å²) in [4.78, 5) is 284. The number of cyclic esters (lactones) is 1. The lowest BCUT2D eigenvalue weighted by molar-refractivity contribution is -0.156. The molecule has 2 aliphatic heterocycles. The van der Waals surface area contributed by atoms with Gasteiger partial charge in [-0.15, -0.1) is 0 Å². The average Bonchev–Trinajstić information content (AvgIpc) is 1.67. The van der Waals surface area contributed by atoms with Crippen LogP contribution in [0.2, 0.25) is 0 Å². The van der Waals surface area contributed by atoms with Crippen LogP contribution < -0.4 is 108 Å². The number of esters is 1. The number of hydrogen-bond donors (Lipinski definition) is 24. The second-order valence-electron chi connectivity index (χ2n) is 38.5. The van der Waals surface area contributed by atoms with Crippen molar-refractivity contribution >= 4 is 118 Å². The van der Waals surface area contributed by atoms with Crippen LogP contribution in [-0.4, -0.2) is 292 Å². The minimum Gasteiger partial charge on any atom is -0.458 e. The molecule has 140 heavy (non-hydrogen) atoms. The van der Waals surface area contributed by atoms with Crippen molar-refractivity contribution in [3.63, 3.8) is 0 Å². The van der Waals surface area contributed by atoms with Crippen molar-refractivity contribution in [1.29, 1.82) is 0 Å². The van der Waals surface area contributed by atoms with Gasteiger partial charge in [0, 0.05) is 19.6 Å². The Balaban J connectivity index is 2.45. The van der Waals surface area contributed by atoms with E-state index in [1.807, 2.05) is 6.92 Å². The number of amides is 19. The van der Waals surface area contributed by atoms with Crippen LogP contribution in [0.15, 0.2) is 23.5 Å². The number of primary amides is 1. The number of allylic oxidation sites excluding steroid dienone is 2. The Morgan fingerprint density at radius 2 is 0.900 bits per heavy atom. The fourth-order valence-corrected chi connectivity index (χ4v) is 15.4. The van der Waals surface area contributed by atoms with Crippen molar-refractivity contribution in [2.75, 3.05) is 39.5 Å². The van der Waals surface area contributed by atoms with E-state index in [1.54, 1.807) is 111 Å². The quantitative estimate of drug-likeness (QED) is 0.0159. The number of rotatable bonds is 57. The molecule has 0 saturated carbocycles. The highest BCUT2D eigenvalue weighted by atomic mass is 16.5. The predicted molar refractivity (Wildman–Crippen MR) is 516 cm³/mol. The van der Waals surface area contributed by atoms with E-state index in [2.05, 4.69) is 90.4 Å². The van der Waals surface area contributed by atoms with Crippen molar-refractivity contribution in [3.05, 3.63) is 23.5 Å². The van der Waals surface area contributed by atoms with Crippen LogP contribution in [0.5, 0.6) is 0 Å². The first-order valence-electron chi connectivity index (χ1n) is 49.0. The zero-order chi connectivity index (χ0) is 106. The molecule has 46 nitrogen and oxygen atoms in total. The molecule has 0 aromatic carbocycles. The van der Waals surface area contributed by atoms with Gasteiger partial charge in [0.1, 0.15) is 114 Å². The third-order valence-electron chi connectivity index (χ3n) is 23.7. The maximum Gasteiger partial charge on any atom is 0.328 e. The maximum absolute atomic E-state index is 14.7. The lowest BCUT2D eigenvalue weighted by Crippen LogP contribution is -2.63. The van der Waals surface area contributed by atoms with Crippen LogP contribution in [0.1, 0.15) is 254 Å². The number of nitrogens with one attached hydrogen (secondary N) is 17. The van der Waals surface area contributed by atoms with Crippen molar-refractivity contribution in [1.82, 2.24) is 95.3 Å². The maximum atomic E-state index is 14.7. The number of aliphatic hydroxyl groups excluding tert-OH is 4. The Morgan fingerprint density at radius 3 is 1.34 bits per heavy atom. The molecule has 794 valence electrons. The molecule has 19 amide bonds.